The van der Waals surface area contributed by atoms with Gasteiger partial charge in [-0.3, -0.25) is 10.1 Å². The molecule has 0 saturated heterocycles. The molecule has 0 saturated carbocycles. The van der Waals surface area contributed by atoms with E-state index in [1.54, 1.807) is 32.9 Å². The molecule has 20 heavy (non-hydrogen) atoms. The second kappa shape index (κ2) is 4.76. The number of nitro benzene ring substituents is 1. The van der Waals surface area contributed by atoms with Crippen LogP contribution < -0.4 is 0 Å². The van der Waals surface area contributed by atoms with Gasteiger partial charge < -0.3 is 5.11 Å². The third-order valence-corrected chi connectivity index (χ3v) is 3.13. The van der Waals surface area contributed by atoms with Gasteiger partial charge in [0, 0.05) is 11.6 Å². The Hall–Kier alpha value is -2.70. The van der Waals surface area contributed by atoms with Crippen LogP contribution in [-0.2, 0) is 0 Å². The Kier molecular flexibility index (Phi) is 3.27. The summed E-state index contributed by atoms with van der Waals surface area (Å²) in [5, 5.41) is 24.1. The van der Waals surface area contributed by atoms with Gasteiger partial charge in [0.05, 0.1) is 22.0 Å². The molecule has 1 aromatic carbocycles. The molecule has 104 valence electrons. The molecular weight excluding hydrogens is 262 g/mol. The van der Waals surface area contributed by atoms with Crippen LogP contribution in [0.4, 0.5) is 5.69 Å². The van der Waals surface area contributed by atoms with Gasteiger partial charge in [-0.25, -0.2) is 9.48 Å². The molecule has 0 aliphatic rings. The number of benzene rings is 1. The molecule has 1 aromatic heterocycles. The molecular formula is C13H13N3O4. The molecule has 7 heteroatoms. The van der Waals surface area contributed by atoms with Crippen LogP contribution in [0.25, 0.3) is 5.69 Å². The largest absolute Gasteiger partial charge is 0.478 e. The Bertz CT molecular complexity index is 719. The quantitative estimate of drug-likeness (QED) is 0.685. The van der Waals surface area contributed by atoms with Gasteiger partial charge >= 0.3 is 5.97 Å². The zero-order valence-electron chi connectivity index (χ0n) is 11.2. The molecule has 0 aliphatic heterocycles. The summed E-state index contributed by atoms with van der Waals surface area (Å²) in [4.78, 5) is 21.5. The first kappa shape index (κ1) is 13.7. The first-order valence-electron chi connectivity index (χ1n) is 5.88. The number of nitrogens with zero attached hydrogens (tertiary/aromatic N) is 3. The third kappa shape index (κ3) is 2.13. The van der Waals surface area contributed by atoms with E-state index in [1.807, 2.05) is 0 Å². The normalized spacial score (nSPS) is 10.6. The van der Waals surface area contributed by atoms with Gasteiger partial charge in [-0.15, -0.1) is 0 Å². The summed E-state index contributed by atoms with van der Waals surface area (Å²) >= 11 is 0. The molecule has 1 heterocycles. The van der Waals surface area contributed by atoms with Gasteiger partial charge in [0.15, 0.2) is 0 Å². The Morgan fingerprint density at radius 2 is 2.00 bits per heavy atom. The zero-order chi connectivity index (χ0) is 15.0. The maximum Gasteiger partial charge on any atom is 0.339 e. The lowest BCUT2D eigenvalue weighted by Gasteiger charge is -2.06. The first-order chi connectivity index (χ1) is 9.32. The summed E-state index contributed by atoms with van der Waals surface area (Å²) in [5.41, 5.74) is 2.17. The molecule has 0 spiro atoms. The number of nitro groups is 1. The van der Waals surface area contributed by atoms with Crippen LogP contribution in [0.2, 0.25) is 0 Å². The SMILES string of the molecule is Cc1cc(-n2nc(C)c(C(=O)O)c2C)ccc1[N+](=O)[O-]. The second-order valence-corrected chi connectivity index (χ2v) is 4.49. The van der Waals surface area contributed by atoms with Gasteiger partial charge in [0.25, 0.3) is 5.69 Å². The van der Waals surface area contributed by atoms with E-state index in [9.17, 15) is 14.9 Å². The monoisotopic (exact) mass is 275 g/mol. The smallest absolute Gasteiger partial charge is 0.339 e. The molecule has 2 aromatic rings. The van der Waals surface area contributed by atoms with Crippen molar-refractivity contribution in [2.45, 2.75) is 20.8 Å². The molecule has 0 radical (unpaired) electrons. The van der Waals surface area contributed by atoms with Crippen LogP contribution in [0, 0.1) is 30.9 Å². The van der Waals surface area contributed by atoms with Crippen molar-refractivity contribution in [2.75, 3.05) is 0 Å². The van der Waals surface area contributed by atoms with Crippen molar-refractivity contribution >= 4 is 11.7 Å². The second-order valence-electron chi connectivity index (χ2n) is 4.49. The summed E-state index contributed by atoms with van der Waals surface area (Å²) in [6.45, 7) is 4.90. The Morgan fingerprint density at radius 1 is 1.35 bits per heavy atom. The summed E-state index contributed by atoms with van der Waals surface area (Å²) < 4.78 is 1.48. The summed E-state index contributed by atoms with van der Waals surface area (Å²) in [5.74, 6) is -1.04. The van der Waals surface area contributed by atoms with Crippen LogP contribution >= 0.6 is 0 Å². The number of hydrogen-bond acceptors (Lipinski definition) is 4. The fourth-order valence-corrected chi connectivity index (χ4v) is 2.18. The van der Waals surface area contributed by atoms with Crippen LogP contribution in [-0.4, -0.2) is 25.8 Å². The van der Waals surface area contributed by atoms with E-state index in [-0.39, 0.29) is 11.3 Å². The maximum absolute atomic E-state index is 11.2. The number of aromatic carboxylic acids is 1. The van der Waals surface area contributed by atoms with E-state index < -0.39 is 10.9 Å². The average Bonchev–Trinajstić information content (AvgIpc) is 2.64. The summed E-state index contributed by atoms with van der Waals surface area (Å²) in [6.07, 6.45) is 0. The first-order valence-corrected chi connectivity index (χ1v) is 5.88. The van der Waals surface area contributed by atoms with Gasteiger partial charge in [0.1, 0.15) is 5.56 Å². The predicted molar refractivity (Wildman–Crippen MR) is 71.4 cm³/mol. The standard InChI is InChI=1S/C13H13N3O4/c1-7-6-10(4-5-11(7)16(19)20)15-9(3)12(13(17)18)8(2)14-15/h4-6H,1-3H3,(H,17,18). The van der Waals surface area contributed by atoms with Gasteiger partial charge in [-0.05, 0) is 32.9 Å². The predicted octanol–water partition coefficient (Wildman–Crippen LogP) is 2.40. The highest BCUT2D eigenvalue weighted by Gasteiger charge is 2.19. The molecule has 0 atom stereocenters. The highest BCUT2D eigenvalue weighted by Crippen LogP contribution is 2.23. The van der Waals surface area contributed by atoms with E-state index in [0.717, 1.165) is 0 Å². The lowest BCUT2D eigenvalue weighted by atomic mass is 10.1. The Morgan fingerprint density at radius 3 is 2.45 bits per heavy atom. The molecule has 7 nitrogen and oxygen atoms in total. The molecule has 0 fully saturated rings. The van der Waals surface area contributed by atoms with E-state index in [4.69, 9.17) is 5.11 Å². The van der Waals surface area contributed by atoms with Gasteiger partial charge in [-0.2, -0.15) is 5.10 Å². The van der Waals surface area contributed by atoms with Crippen molar-refractivity contribution in [3.8, 4) is 5.69 Å². The lowest BCUT2D eigenvalue weighted by Crippen LogP contribution is -2.03. The van der Waals surface area contributed by atoms with E-state index in [1.165, 1.54) is 10.7 Å². The van der Waals surface area contributed by atoms with Gasteiger partial charge in [-0.1, -0.05) is 0 Å². The topological polar surface area (TPSA) is 98.3 Å². The number of carboxylic acids is 1. The summed E-state index contributed by atoms with van der Waals surface area (Å²) in [7, 11) is 0. The minimum Gasteiger partial charge on any atom is -0.478 e. The van der Waals surface area contributed by atoms with Crippen molar-refractivity contribution in [3.63, 3.8) is 0 Å². The highest BCUT2D eigenvalue weighted by molar-refractivity contribution is 5.90. The molecule has 0 bridgehead atoms. The van der Waals surface area contributed by atoms with Crippen LogP contribution in [0.15, 0.2) is 18.2 Å². The number of rotatable bonds is 3. The summed E-state index contributed by atoms with van der Waals surface area (Å²) in [6, 6.07) is 4.56. The number of carboxylic acid groups (broad SMARTS) is 1. The van der Waals surface area contributed by atoms with Crippen molar-refractivity contribution in [3.05, 3.63) is 50.8 Å². The van der Waals surface area contributed by atoms with E-state index in [0.29, 0.717) is 22.6 Å². The van der Waals surface area contributed by atoms with Gasteiger partial charge in [0.2, 0.25) is 0 Å². The van der Waals surface area contributed by atoms with Crippen molar-refractivity contribution in [2.24, 2.45) is 0 Å². The highest BCUT2D eigenvalue weighted by atomic mass is 16.6. The fraction of sp³-hybridized carbons (Fsp3) is 0.231. The molecule has 1 N–H and O–H groups in total. The molecule has 0 amide bonds. The van der Waals surface area contributed by atoms with Crippen molar-refractivity contribution < 1.29 is 14.8 Å². The Balaban J connectivity index is 2.58. The lowest BCUT2D eigenvalue weighted by molar-refractivity contribution is -0.385. The number of aromatic nitrogens is 2. The van der Waals surface area contributed by atoms with Crippen LogP contribution in [0.5, 0.6) is 0 Å². The minimum atomic E-state index is -1.04. The average molecular weight is 275 g/mol. The van der Waals surface area contributed by atoms with E-state index >= 15 is 0 Å². The fourth-order valence-electron chi connectivity index (χ4n) is 2.18. The molecule has 0 unspecified atom stereocenters. The van der Waals surface area contributed by atoms with E-state index in [2.05, 4.69) is 5.10 Å². The molecule has 0 aliphatic carbocycles. The van der Waals surface area contributed by atoms with Crippen molar-refractivity contribution in [1.82, 2.24) is 9.78 Å². The third-order valence-electron chi connectivity index (χ3n) is 3.13. The van der Waals surface area contributed by atoms with Crippen LogP contribution in [0.1, 0.15) is 27.3 Å². The zero-order valence-corrected chi connectivity index (χ0v) is 11.2. The number of aryl methyl sites for hydroxylation is 2. The molecule has 2 rings (SSSR count). The maximum atomic E-state index is 11.2. The number of carbonyl (C=O) groups is 1. The minimum absolute atomic E-state index is 0.0220. The van der Waals surface area contributed by atoms with Crippen LogP contribution in [0.3, 0.4) is 0 Å². The number of hydrogen-bond donors (Lipinski definition) is 1. The Labute approximate surface area is 114 Å². The van der Waals surface area contributed by atoms with Crippen molar-refractivity contribution in [1.29, 1.82) is 0 Å².